The molecule has 0 unspecified atom stereocenters. The first-order valence-corrected chi connectivity index (χ1v) is 8.66. The van der Waals surface area contributed by atoms with Crippen LogP contribution in [0.2, 0.25) is 0 Å². The average molecular weight is 374 g/mol. The molecule has 0 radical (unpaired) electrons. The molecule has 1 amide bonds. The molecule has 1 aliphatic rings. The van der Waals surface area contributed by atoms with Crippen molar-refractivity contribution < 1.29 is 23.8 Å². The normalized spacial score (nSPS) is 15.3. The monoisotopic (exact) mass is 374 g/mol. The number of allylic oxidation sites excluding steroid dienone is 2. The maximum Gasteiger partial charge on any atom is 0.246 e. The number of nitrogens with zero attached hydrogens (tertiary/aromatic N) is 2. The first-order chi connectivity index (χ1) is 13.0. The van der Waals surface area contributed by atoms with Gasteiger partial charge in [0.1, 0.15) is 0 Å². The third-order valence-electron chi connectivity index (χ3n) is 4.33. The molecule has 7 heteroatoms. The molecule has 0 aliphatic carbocycles. The largest absolute Gasteiger partial charge is 0.493 e. The van der Waals surface area contributed by atoms with Crippen LogP contribution in [0.4, 0.5) is 0 Å². The highest BCUT2D eigenvalue weighted by Crippen LogP contribution is 2.38. The van der Waals surface area contributed by atoms with Gasteiger partial charge in [-0.25, -0.2) is 0 Å². The second kappa shape index (κ2) is 9.78. The molecule has 7 nitrogen and oxygen atoms in total. The van der Waals surface area contributed by atoms with Crippen molar-refractivity contribution in [2.45, 2.75) is 0 Å². The van der Waals surface area contributed by atoms with Crippen molar-refractivity contribution in [3.63, 3.8) is 0 Å². The minimum Gasteiger partial charge on any atom is -0.493 e. The molecule has 0 N–H and O–H groups in total. The Kier molecular flexibility index (Phi) is 7.43. The molecular formula is C20H26N2O5. The third-order valence-corrected chi connectivity index (χ3v) is 4.33. The average Bonchev–Trinajstić information content (AvgIpc) is 2.69. The molecule has 0 spiro atoms. The smallest absolute Gasteiger partial charge is 0.246 e. The molecule has 1 aromatic rings. The second-order valence-electron chi connectivity index (χ2n) is 6.16. The van der Waals surface area contributed by atoms with E-state index in [-0.39, 0.29) is 11.7 Å². The molecule has 0 bridgehead atoms. The molecule has 0 aromatic heterocycles. The Balaban J connectivity index is 2.02. The fraction of sp³-hybridized carbons (Fsp3) is 0.400. The van der Waals surface area contributed by atoms with E-state index in [0.29, 0.717) is 30.3 Å². The van der Waals surface area contributed by atoms with Gasteiger partial charge in [-0.1, -0.05) is 6.08 Å². The molecule has 1 fully saturated rings. The second-order valence-corrected chi connectivity index (χ2v) is 6.16. The number of hydrogen-bond donors (Lipinski definition) is 0. The van der Waals surface area contributed by atoms with E-state index in [9.17, 15) is 9.59 Å². The summed E-state index contributed by atoms with van der Waals surface area (Å²) in [5.74, 6) is 1.08. The molecule has 1 aromatic carbocycles. The lowest BCUT2D eigenvalue weighted by atomic mass is 10.1. The standard InChI is InChI=1S/C20H26N2O5/c1-21-9-11-22(12-10-21)19(24)8-7-16(23)6-5-15-13-17(25-2)20(27-4)18(14-15)26-3/h5-8,13-14H,9-12H2,1-4H3. The number of benzene rings is 1. The van der Waals surface area contributed by atoms with Crippen molar-refractivity contribution in [2.24, 2.45) is 0 Å². The molecule has 27 heavy (non-hydrogen) atoms. The van der Waals surface area contributed by atoms with Crippen LogP contribution < -0.4 is 14.2 Å². The SMILES string of the molecule is COc1cc(C=CC(=O)C=CC(=O)N2CCN(C)CC2)cc(OC)c1OC. The number of carbonyl (C=O) groups excluding carboxylic acids is 2. The Labute approximate surface area is 159 Å². The number of amides is 1. The van der Waals surface area contributed by atoms with Gasteiger partial charge in [-0.05, 0) is 36.9 Å². The highest BCUT2D eigenvalue weighted by Gasteiger charge is 2.17. The van der Waals surface area contributed by atoms with E-state index >= 15 is 0 Å². The molecule has 1 heterocycles. The van der Waals surface area contributed by atoms with Gasteiger partial charge in [-0.15, -0.1) is 0 Å². The number of piperazine rings is 1. The van der Waals surface area contributed by atoms with Gasteiger partial charge in [-0.3, -0.25) is 9.59 Å². The minimum absolute atomic E-state index is 0.141. The lowest BCUT2D eigenvalue weighted by molar-refractivity contribution is -0.127. The molecule has 2 rings (SSSR count). The number of likely N-dealkylation sites (N-methyl/N-ethyl adjacent to an activating group) is 1. The van der Waals surface area contributed by atoms with E-state index in [1.807, 2.05) is 7.05 Å². The van der Waals surface area contributed by atoms with E-state index in [2.05, 4.69) is 4.90 Å². The summed E-state index contributed by atoms with van der Waals surface area (Å²) < 4.78 is 15.8. The Hall–Kier alpha value is -2.80. The van der Waals surface area contributed by atoms with Gasteiger partial charge in [0, 0.05) is 32.3 Å². The zero-order chi connectivity index (χ0) is 19.8. The summed E-state index contributed by atoms with van der Waals surface area (Å²) in [6, 6.07) is 3.48. The van der Waals surface area contributed by atoms with Crippen LogP contribution in [-0.2, 0) is 9.59 Å². The zero-order valence-corrected chi connectivity index (χ0v) is 16.2. The summed E-state index contributed by atoms with van der Waals surface area (Å²) in [7, 11) is 6.61. The van der Waals surface area contributed by atoms with E-state index < -0.39 is 0 Å². The Morgan fingerprint density at radius 2 is 1.48 bits per heavy atom. The molecule has 0 atom stereocenters. The van der Waals surface area contributed by atoms with Crippen molar-refractivity contribution in [2.75, 3.05) is 54.6 Å². The van der Waals surface area contributed by atoms with Gasteiger partial charge >= 0.3 is 0 Å². The highest BCUT2D eigenvalue weighted by molar-refractivity contribution is 6.05. The summed E-state index contributed by atoms with van der Waals surface area (Å²) >= 11 is 0. The van der Waals surface area contributed by atoms with Gasteiger partial charge in [0.25, 0.3) is 0 Å². The van der Waals surface area contributed by atoms with Crippen molar-refractivity contribution in [3.8, 4) is 17.2 Å². The van der Waals surface area contributed by atoms with Gasteiger partial charge in [-0.2, -0.15) is 0 Å². The number of methoxy groups -OCH3 is 3. The number of ether oxygens (including phenoxy) is 3. The van der Waals surface area contributed by atoms with Crippen molar-refractivity contribution in [1.82, 2.24) is 9.80 Å². The van der Waals surface area contributed by atoms with Gasteiger partial charge in [0.05, 0.1) is 21.3 Å². The lowest BCUT2D eigenvalue weighted by Gasteiger charge is -2.31. The quantitative estimate of drug-likeness (QED) is 0.676. The molecular weight excluding hydrogens is 348 g/mol. The van der Waals surface area contributed by atoms with Crippen molar-refractivity contribution >= 4 is 17.8 Å². The molecule has 1 saturated heterocycles. The van der Waals surface area contributed by atoms with Crippen LogP contribution in [0, 0.1) is 0 Å². The van der Waals surface area contributed by atoms with Crippen LogP contribution in [0.15, 0.2) is 30.4 Å². The van der Waals surface area contributed by atoms with Crippen LogP contribution >= 0.6 is 0 Å². The fourth-order valence-electron chi connectivity index (χ4n) is 2.72. The molecule has 1 aliphatic heterocycles. The molecule has 146 valence electrons. The number of ketones is 1. The van der Waals surface area contributed by atoms with Gasteiger partial charge < -0.3 is 24.0 Å². The Morgan fingerprint density at radius 1 is 0.889 bits per heavy atom. The van der Waals surface area contributed by atoms with E-state index in [1.165, 1.54) is 39.6 Å². The lowest BCUT2D eigenvalue weighted by Crippen LogP contribution is -2.46. The maximum absolute atomic E-state index is 12.1. The fourth-order valence-corrected chi connectivity index (χ4v) is 2.72. The van der Waals surface area contributed by atoms with Crippen LogP contribution in [0.3, 0.4) is 0 Å². The van der Waals surface area contributed by atoms with E-state index in [4.69, 9.17) is 14.2 Å². The highest BCUT2D eigenvalue weighted by atomic mass is 16.5. The Bertz CT molecular complexity index is 709. The third kappa shape index (κ3) is 5.59. The van der Waals surface area contributed by atoms with Crippen LogP contribution in [0.25, 0.3) is 6.08 Å². The summed E-state index contributed by atoms with van der Waals surface area (Å²) in [4.78, 5) is 28.1. The van der Waals surface area contributed by atoms with Crippen molar-refractivity contribution in [1.29, 1.82) is 0 Å². The number of rotatable bonds is 7. The van der Waals surface area contributed by atoms with Gasteiger partial charge in [0.15, 0.2) is 17.3 Å². The summed E-state index contributed by atoms with van der Waals surface area (Å²) in [6.07, 6.45) is 5.65. The Morgan fingerprint density at radius 3 is 2.00 bits per heavy atom. The minimum atomic E-state index is -0.272. The van der Waals surface area contributed by atoms with E-state index in [0.717, 1.165) is 18.7 Å². The topological polar surface area (TPSA) is 68.3 Å². The maximum atomic E-state index is 12.1. The van der Waals surface area contributed by atoms with Crippen LogP contribution in [0.1, 0.15) is 5.56 Å². The predicted octanol–water partition coefficient (Wildman–Crippen LogP) is 1.62. The first kappa shape index (κ1) is 20.5. The van der Waals surface area contributed by atoms with E-state index in [1.54, 1.807) is 23.1 Å². The summed E-state index contributed by atoms with van der Waals surface area (Å²) in [5.41, 5.74) is 0.719. The first-order valence-electron chi connectivity index (χ1n) is 8.66. The number of hydrogen-bond acceptors (Lipinski definition) is 6. The molecule has 0 saturated carbocycles. The van der Waals surface area contributed by atoms with Crippen LogP contribution in [-0.4, -0.2) is 76.0 Å². The zero-order valence-electron chi connectivity index (χ0n) is 16.2. The summed E-state index contributed by atoms with van der Waals surface area (Å²) in [6.45, 7) is 3.04. The summed E-state index contributed by atoms with van der Waals surface area (Å²) in [5, 5.41) is 0. The van der Waals surface area contributed by atoms with Crippen molar-refractivity contribution in [3.05, 3.63) is 35.9 Å². The van der Waals surface area contributed by atoms with Gasteiger partial charge in [0.2, 0.25) is 11.7 Å². The predicted molar refractivity (Wildman–Crippen MR) is 103 cm³/mol. The van der Waals surface area contributed by atoms with Crippen LogP contribution in [0.5, 0.6) is 17.2 Å². The number of carbonyl (C=O) groups is 2.